The van der Waals surface area contributed by atoms with Crippen LogP contribution in [0.2, 0.25) is 5.02 Å². The van der Waals surface area contributed by atoms with Crippen LogP contribution in [0.4, 0.5) is 0 Å². The molecule has 0 aromatic carbocycles. The number of hydrogen-bond donors (Lipinski definition) is 2. The van der Waals surface area contributed by atoms with Crippen molar-refractivity contribution in [3.8, 4) is 0 Å². The standard InChI is InChI=1S/C10H16ClN3O4S/c1-6(2)4-8(10(15)16)13-19(17,18)9-7(11)5-12-14(9)3/h5-6,8,13H,4H2,1-3H3,(H,15,16). The Bertz CT molecular complexity index is 548. The zero-order valence-electron chi connectivity index (χ0n) is 10.8. The summed E-state index contributed by atoms with van der Waals surface area (Å²) in [5, 5.41) is 12.5. The normalized spacial score (nSPS) is 13.7. The van der Waals surface area contributed by atoms with Crippen molar-refractivity contribution in [2.45, 2.75) is 31.3 Å². The molecule has 1 aromatic rings. The van der Waals surface area contributed by atoms with Gasteiger partial charge >= 0.3 is 5.97 Å². The molecule has 19 heavy (non-hydrogen) atoms. The number of hydrogen-bond acceptors (Lipinski definition) is 4. The molecule has 1 rings (SSSR count). The topological polar surface area (TPSA) is 101 Å². The Morgan fingerprint density at radius 3 is 2.53 bits per heavy atom. The van der Waals surface area contributed by atoms with Crippen molar-refractivity contribution in [1.82, 2.24) is 14.5 Å². The second kappa shape index (κ2) is 5.89. The maximum atomic E-state index is 12.1. The van der Waals surface area contributed by atoms with Gasteiger partial charge in [-0.05, 0) is 12.3 Å². The number of aliphatic carboxylic acids is 1. The third-order valence-electron chi connectivity index (χ3n) is 2.40. The van der Waals surface area contributed by atoms with Crippen LogP contribution in [0.5, 0.6) is 0 Å². The number of sulfonamides is 1. The highest BCUT2D eigenvalue weighted by atomic mass is 35.5. The van der Waals surface area contributed by atoms with Gasteiger partial charge < -0.3 is 5.11 Å². The largest absolute Gasteiger partial charge is 0.480 e. The second-order valence-corrected chi connectivity index (χ2v) is 6.60. The lowest BCUT2D eigenvalue weighted by atomic mass is 10.1. The van der Waals surface area contributed by atoms with Crippen LogP contribution in [0.1, 0.15) is 20.3 Å². The number of aryl methyl sites for hydroxylation is 1. The monoisotopic (exact) mass is 309 g/mol. The number of aromatic nitrogens is 2. The molecule has 1 atom stereocenters. The van der Waals surface area contributed by atoms with Gasteiger partial charge in [0.25, 0.3) is 10.0 Å². The zero-order chi connectivity index (χ0) is 14.8. The van der Waals surface area contributed by atoms with Gasteiger partial charge in [-0.1, -0.05) is 25.4 Å². The first-order chi connectivity index (χ1) is 8.65. The van der Waals surface area contributed by atoms with Crippen LogP contribution >= 0.6 is 11.6 Å². The van der Waals surface area contributed by atoms with Crippen molar-refractivity contribution < 1.29 is 18.3 Å². The predicted molar refractivity (Wildman–Crippen MR) is 69.4 cm³/mol. The van der Waals surface area contributed by atoms with Crippen molar-refractivity contribution in [3.05, 3.63) is 11.2 Å². The Balaban J connectivity index is 3.05. The van der Waals surface area contributed by atoms with E-state index in [0.717, 1.165) is 4.68 Å². The van der Waals surface area contributed by atoms with Crippen LogP contribution in [0, 0.1) is 5.92 Å². The van der Waals surface area contributed by atoms with E-state index in [4.69, 9.17) is 16.7 Å². The molecule has 0 spiro atoms. The van der Waals surface area contributed by atoms with Gasteiger partial charge in [-0.15, -0.1) is 0 Å². The molecule has 0 aliphatic carbocycles. The Kier molecular flexibility index (Phi) is 4.94. The van der Waals surface area contributed by atoms with E-state index in [9.17, 15) is 13.2 Å². The van der Waals surface area contributed by atoms with Crippen LogP contribution < -0.4 is 4.72 Å². The maximum absolute atomic E-state index is 12.1. The van der Waals surface area contributed by atoms with Crippen LogP contribution in [0.3, 0.4) is 0 Å². The van der Waals surface area contributed by atoms with Crippen molar-refractivity contribution in [3.63, 3.8) is 0 Å². The molecule has 0 aliphatic rings. The number of carboxylic acid groups (broad SMARTS) is 1. The van der Waals surface area contributed by atoms with Crippen molar-refractivity contribution >= 4 is 27.6 Å². The summed E-state index contributed by atoms with van der Waals surface area (Å²) in [4.78, 5) is 11.1. The van der Waals surface area contributed by atoms with Gasteiger partial charge in [0.05, 0.1) is 11.2 Å². The smallest absolute Gasteiger partial charge is 0.321 e. The van der Waals surface area contributed by atoms with E-state index in [1.165, 1.54) is 13.2 Å². The first-order valence-electron chi connectivity index (χ1n) is 5.57. The summed E-state index contributed by atoms with van der Waals surface area (Å²) >= 11 is 5.75. The minimum absolute atomic E-state index is 0.0332. The molecule has 0 radical (unpaired) electrons. The molecule has 0 fully saturated rings. The molecule has 0 saturated carbocycles. The van der Waals surface area contributed by atoms with Crippen molar-refractivity contribution in [1.29, 1.82) is 0 Å². The highest BCUT2D eigenvalue weighted by Crippen LogP contribution is 2.20. The molecule has 7 nitrogen and oxygen atoms in total. The van der Waals surface area contributed by atoms with E-state index < -0.39 is 22.0 Å². The van der Waals surface area contributed by atoms with Crippen molar-refractivity contribution in [2.75, 3.05) is 0 Å². The Morgan fingerprint density at radius 2 is 2.16 bits per heavy atom. The number of nitrogens with zero attached hydrogens (tertiary/aromatic N) is 2. The van der Waals surface area contributed by atoms with E-state index in [2.05, 4.69) is 9.82 Å². The molecule has 9 heteroatoms. The third kappa shape index (κ3) is 3.92. The van der Waals surface area contributed by atoms with Gasteiger partial charge in [0.2, 0.25) is 0 Å². The fraction of sp³-hybridized carbons (Fsp3) is 0.600. The van der Waals surface area contributed by atoms with Gasteiger partial charge in [-0.3, -0.25) is 9.48 Å². The first kappa shape index (κ1) is 15.9. The summed E-state index contributed by atoms with van der Waals surface area (Å²) in [5.41, 5.74) is 0. The molecule has 108 valence electrons. The van der Waals surface area contributed by atoms with Crippen LogP contribution in [0.25, 0.3) is 0 Å². The number of rotatable bonds is 6. The Labute approximate surface area is 116 Å². The summed E-state index contributed by atoms with van der Waals surface area (Å²) in [6.45, 7) is 3.61. The van der Waals surface area contributed by atoms with Gasteiger partial charge in [0, 0.05) is 7.05 Å². The van der Waals surface area contributed by atoms with Crippen molar-refractivity contribution in [2.24, 2.45) is 13.0 Å². The molecule has 2 N–H and O–H groups in total. The van der Waals surface area contributed by atoms with Crippen LogP contribution in [-0.4, -0.2) is 35.3 Å². The minimum Gasteiger partial charge on any atom is -0.480 e. The van der Waals surface area contributed by atoms with Crippen LogP contribution in [0.15, 0.2) is 11.2 Å². The molecule has 0 bridgehead atoms. The molecule has 0 amide bonds. The quantitative estimate of drug-likeness (QED) is 0.811. The second-order valence-electron chi connectivity index (χ2n) is 4.56. The predicted octanol–water partition coefficient (Wildman–Crippen LogP) is 0.851. The van der Waals surface area contributed by atoms with Gasteiger partial charge in [0.15, 0.2) is 5.03 Å². The van der Waals surface area contributed by atoms with Gasteiger partial charge in [-0.25, -0.2) is 8.42 Å². The molecular weight excluding hydrogens is 294 g/mol. The fourth-order valence-corrected chi connectivity index (χ4v) is 3.47. The lowest BCUT2D eigenvalue weighted by Crippen LogP contribution is -2.42. The fourth-order valence-electron chi connectivity index (χ4n) is 1.62. The number of halogens is 1. The molecule has 1 aromatic heterocycles. The third-order valence-corrected chi connectivity index (χ3v) is 4.38. The lowest BCUT2D eigenvalue weighted by Gasteiger charge is -2.16. The molecular formula is C10H16ClN3O4S. The van der Waals surface area contributed by atoms with E-state index in [0.29, 0.717) is 0 Å². The highest BCUT2D eigenvalue weighted by molar-refractivity contribution is 7.89. The Hall–Kier alpha value is -1.12. The van der Waals surface area contributed by atoms with E-state index in [-0.39, 0.29) is 22.4 Å². The summed E-state index contributed by atoms with van der Waals surface area (Å²) < 4.78 is 27.4. The number of carbonyl (C=O) groups is 1. The summed E-state index contributed by atoms with van der Waals surface area (Å²) in [6, 6.07) is -1.20. The highest BCUT2D eigenvalue weighted by Gasteiger charge is 2.29. The van der Waals surface area contributed by atoms with Gasteiger partial charge in [-0.2, -0.15) is 9.82 Å². The van der Waals surface area contributed by atoms with E-state index in [1.54, 1.807) is 13.8 Å². The lowest BCUT2D eigenvalue weighted by molar-refractivity contribution is -0.139. The SMILES string of the molecule is CC(C)CC(NS(=O)(=O)c1c(Cl)cnn1C)C(=O)O. The maximum Gasteiger partial charge on any atom is 0.321 e. The zero-order valence-corrected chi connectivity index (χ0v) is 12.4. The van der Waals surface area contributed by atoms with Crippen LogP contribution in [-0.2, 0) is 21.9 Å². The molecule has 0 aliphatic heterocycles. The number of nitrogens with one attached hydrogen (secondary N) is 1. The average molecular weight is 310 g/mol. The molecule has 1 heterocycles. The first-order valence-corrected chi connectivity index (χ1v) is 7.44. The minimum atomic E-state index is -4.03. The summed E-state index contributed by atoms with van der Waals surface area (Å²) in [6.07, 6.45) is 1.37. The Morgan fingerprint density at radius 1 is 1.58 bits per heavy atom. The number of carboxylic acids is 1. The summed E-state index contributed by atoms with van der Waals surface area (Å²) in [5.74, 6) is -1.19. The van der Waals surface area contributed by atoms with E-state index in [1.807, 2.05) is 0 Å². The summed E-state index contributed by atoms with van der Waals surface area (Å²) in [7, 11) is -2.62. The average Bonchev–Trinajstić information content (AvgIpc) is 2.56. The van der Waals surface area contributed by atoms with E-state index >= 15 is 0 Å². The van der Waals surface area contributed by atoms with Gasteiger partial charge in [0.1, 0.15) is 6.04 Å². The molecule has 0 saturated heterocycles. The molecule has 1 unspecified atom stereocenters.